The highest BCUT2D eigenvalue weighted by atomic mass is 16.5. The first kappa shape index (κ1) is 19.5. The Morgan fingerprint density at radius 1 is 1.09 bits per heavy atom. The largest absolute Gasteiger partial charge is 0.359 e. The first-order valence-corrected chi connectivity index (χ1v) is 13.0. The van der Waals surface area contributed by atoms with Gasteiger partial charge in [-0.1, -0.05) is 44.6 Å². The van der Waals surface area contributed by atoms with Crippen LogP contribution >= 0.6 is 0 Å². The minimum atomic E-state index is 0.00707. The van der Waals surface area contributed by atoms with E-state index in [9.17, 15) is 0 Å². The molecule has 1 saturated heterocycles. The maximum Gasteiger partial charge on any atom is 0.0944 e. The molecular weight excluding hydrogens is 390 g/mol. The van der Waals surface area contributed by atoms with Crippen molar-refractivity contribution in [3.63, 3.8) is 0 Å². The van der Waals surface area contributed by atoms with Gasteiger partial charge in [0.2, 0.25) is 0 Å². The first-order chi connectivity index (χ1) is 15.6. The van der Waals surface area contributed by atoms with Gasteiger partial charge in [-0.05, 0) is 109 Å². The Morgan fingerprint density at radius 3 is 2.94 bits per heavy atom. The Morgan fingerprint density at radius 2 is 2.03 bits per heavy atom. The lowest BCUT2D eigenvalue weighted by atomic mass is 9.56. The summed E-state index contributed by atoms with van der Waals surface area (Å²) in [6.07, 6.45) is 20.4. The van der Waals surface area contributed by atoms with Crippen molar-refractivity contribution < 1.29 is 4.74 Å². The summed E-state index contributed by atoms with van der Waals surface area (Å²) in [7, 11) is 0. The van der Waals surface area contributed by atoms with E-state index in [0.29, 0.717) is 17.3 Å². The molecule has 32 heavy (non-hydrogen) atoms. The minimum absolute atomic E-state index is 0.00707. The molecule has 6 atom stereocenters. The summed E-state index contributed by atoms with van der Waals surface area (Å²) in [5, 5.41) is 2.58. The number of hydrogen-bond acceptors (Lipinski definition) is 2. The number of benzene rings is 1. The number of aromatic nitrogens is 1. The molecule has 1 aromatic carbocycles. The highest BCUT2D eigenvalue weighted by Crippen LogP contribution is 2.70. The number of hydrogen-bond donors (Lipinski definition) is 0. The number of rotatable bonds is 2. The maximum atomic E-state index is 7.40. The van der Waals surface area contributed by atoms with Gasteiger partial charge in [0, 0.05) is 17.8 Å². The highest BCUT2D eigenvalue weighted by Gasteiger charge is 2.66. The molecule has 2 nitrogen and oxygen atoms in total. The number of nitrogens with zero attached hydrogens (tertiary/aromatic N) is 1. The van der Waals surface area contributed by atoms with Crippen LogP contribution in [-0.2, 0) is 4.74 Å². The van der Waals surface area contributed by atoms with E-state index in [1.54, 1.807) is 5.57 Å². The van der Waals surface area contributed by atoms with Crippen molar-refractivity contribution in [2.45, 2.75) is 88.8 Å². The van der Waals surface area contributed by atoms with Crippen molar-refractivity contribution >= 4 is 10.8 Å². The third kappa shape index (κ3) is 2.43. The van der Waals surface area contributed by atoms with Crippen molar-refractivity contribution in [2.24, 2.45) is 17.3 Å². The van der Waals surface area contributed by atoms with Gasteiger partial charge in [0.25, 0.3) is 0 Å². The fraction of sp³-hybridized carbons (Fsp3) is 0.567. The fourth-order valence-corrected chi connectivity index (χ4v) is 8.74. The van der Waals surface area contributed by atoms with Gasteiger partial charge in [-0.15, -0.1) is 0 Å². The predicted molar refractivity (Wildman–Crippen MR) is 130 cm³/mol. The highest BCUT2D eigenvalue weighted by molar-refractivity contribution is 5.82. The van der Waals surface area contributed by atoms with Crippen LogP contribution in [0.25, 0.3) is 10.8 Å². The molecule has 5 aliphatic rings. The van der Waals surface area contributed by atoms with Crippen molar-refractivity contribution in [1.29, 1.82) is 0 Å². The van der Waals surface area contributed by atoms with Crippen molar-refractivity contribution in [3.05, 3.63) is 65.5 Å². The zero-order chi connectivity index (χ0) is 21.6. The van der Waals surface area contributed by atoms with E-state index >= 15 is 0 Å². The number of ether oxygens (including phenoxy) is 1. The van der Waals surface area contributed by atoms with Gasteiger partial charge in [0.15, 0.2) is 0 Å². The van der Waals surface area contributed by atoms with Crippen LogP contribution < -0.4 is 0 Å². The van der Waals surface area contributed by atoms with Crippen LogP contribution in [0.15, 0.2) is 60.0 Å². The van der Waals surface area contributed by atoms with Crippen LogP contribution in [0.1, 0.15) is 83.1 Å². The molecule has 2 saturated carbocycles. The van der Waals surface area contributed by atoms with Crippen LogP contribution in [0.3, 0.4) is 0 Å². The summed E-state index contributed by atoms with van der Waals surface area (Å²) >= 11 is 0. The van der Waals surface area contributed by atoms with Gasteiger partial charge < -0.3 is 4.74 Å². The number of pyridine rings is 1. The van der Waals surface area contributed by atoms with Gasteiger partial charge in [-0.2, -0.15) is 0 Å². The second-order valence-corrected chi connectivity index (χ2v) is 11.7. The maximum absolute atomic E-state index is 7.40. The van der Waals surface area contributed by atoms with E-state index < -0.39 is 0 Å². The molecule has 3 heterocycles. The predicted octanol–water partition coefficient (Wildman–Crippen LogP) is 7.50. The SMILES string of the molecule is CCC1CC=C2C=C3CCC4(C)C(c5ccc6ccncc6c5)CCC4C34CCC2(C1)O4. The summed E-state index contributed by atoms with van der Waals surface area (Å²) in [5.41, 5.74) is 5.04. The molecule has 3 aliphatic carbocycles. The van der Waals surface area contributed by atoms with E-state index in [1.807, 2.05) is 12.4 Å². The molecule has 0 amide bonds. The summed E-state index contributed by atoms with van der Waals surface area (Å²) < 4.78 is 7.40. The molecule has 2 bridgehead atoms. The quantitative estimate of drug-likeness (QED) is 0.497. The first-order valence-electron chi connectivity index (χ1n) is 13.0. The Kier molecular flexibility index (Phi) is 4.01. The standard InChI is InChI=1S/C30H35NO/c1-3-20-4-7-24-17-25-10-12-28(2)26(22-6-5-21-11-15-31-19-23(21)16-22)8-9-27(28)30(25)14-13-29(24,18-20)32-30/h5-7,11,15-17,19-20,26-27H,3-4,8-10,12-14,18H2,1-2H3. The van der Waals surface area contributed by atoms with Crippen LogP contribution in [0, 0.1) is 17.3 Å². The molecule has 2 spiro atoms. The third-order valence-electron chi connectivity index (χ3n) is 10.4. The second kappa shape index (κ2) is 6.56. The third-order valence-corrected chi connectivity index (χ3v) is 10.4. The molecule has 0 N–H and O–H groups in total. The zero-order valence-electron chi connectivity index (χ0n) is 19.6. The second-order valence-electron chi connectivity index (χ2n) is 11.7. The van der Waals surface area contributed by atoms with E-state index in [1.165, 1.54) is 79.7 Å². The molecule has 3 fully saturated rings. The Hall–Kier alpha value is -1.93. The molecule has 2 heteroatoms. The van der Waals surface area contributed by atoms with E-state index in [2.05, 4.69) is 55.2 Å². The number of fused-ring (bicyclic) bond motifs is 2. The van der Waals surface area contributed by atoms with E-state index in [0.717, 1.165) is 5.92 Å². The van der Waals surface area contributed by atoms with Crippen LogP contribution in [0.2, 0.25) is 0 Å². The average Bonchev–Trinajstić information content (AvgIpc) is 3.33. The number of allylic oxidation sites excluding steroid dienone is 1. The van der Waals surface area contributed by atoms with E-state index in [4.69, 9.17) is 4.74 Å². The minimum Gasteiger partial charge on any atom is -0.359 e. The summed E-state index contributed by atoms with van der Waals surface area (Å²) in [6, 6.07) is 9.26. The lowest BCUT2D eigenvalue weighted by Crippen LogP contribution is -2.54. The van der Waals surface area contributed by atoms with Gasteiger partial charge in [-0.25, -0.2) is 0 Å². The fourth-order valence-electron chi connectivity index (χ4n) is 8.74. The van der Waals surface area contributed by atoms with Crippen molar-refractivity contribution in [2.75, 3.05) is 0 Å². The average molecular weight is 426 g/mol. The molecule has 2 aromatic rings. The van der Waals surface area contributed by atoms with Crippen LogP contribution in [0.5, 0.6) is 0 Å². The van der Waals surface area contributed by atoms with Crippen LogP contribution in [0.4, 0.5) is 0 Å². The summed E-state index contributed by atoms with van der Waals surface area (Å²) in [4.78, 5) is 4.38. The van der Waals surface area contributed by atoms with Crippen LogP contribution in [-0.4, -0.2) is 16.2 Å². The smallest absolute Gasteiger partial charge is 0.0944 e. The van der Waals surface area contributed by atoms with Crippen molar-refractivity contribution in [3.8, 4) is 0 Å². The zero-order valence-corrected chi connectivity index (χ0v) is 19.6. The molecule has 1 aromatic heterocycles. The molecule has 2 aliphatic heterocycles. The normalized spacial score (nSPS) is 42.1. The molecule has 166 valence electrons. The summed E-state index contributed by atoms with van der Waals surface area (Å²) in [5.74, 6) is 2.06. The Balaban J connectivity index is 1.28. The Labute approximate surface area is 192 Å². The molecule has 7 rings (SSSR count). The Bertz CT molecular complexity index is 1160. The summed E-state index contributed by atoms with van der Waals surface area (Å²) in [6.45, 7) is 4.96. The van der Waals surface area contributed by atoms with Gasteiger partial charge in [0.1, 0.15) is 0 Å². The molecule has 0 radical (unpaired) electrons. The van der Waals surface area contributed by atoms with Gasteiger partial charge >= 0.3 is 0 Å². The molecular formula is C30H35NO. The van der Waals surface area contributed by atoms with Crippen molar-refractivity contribution in [1.82, 2.24) is 4.98 Å². The lowest BCUT2D eigenvalue weighted by molar-refractivity contribution is -0.144. The van der Waals surface area contributed by atoms with Gasteiger partial charge in [-0.3, -0.25) is 4.98 Å². The van der Waals surface area contributed by atoms with Gasteiger partial charge in [0.05, 0.1) is 11.2 Å². The van der Waals surface area contributed by atoms with E-state index in [-0.39, 0.29) is 11.2 Å². The molecule has 6 unspecified atom stereocenters. The topological polar surface area (TPSA) is 22.1 Å². The monoisotopic (exact) mass is 425 g/mol. The lowest BCUT2D eigenvalue weighted by Gasteiger charge is -2.55.